The smallest absolute Gasteiger partial charge is 0.0109 e. The lowest BCUT2D eigenvalue weighted by atomic mass is 10.1. The summed E-state index contributed by atoms with van der Waals surface area (Å²) in [7, 11) is 0. The van der Waals surface area contributed by atoms with Gasteiger partial charge in [-0.3, -0.25) is 0 Å². The van der Waals surface area contributed by atoms with E-state index in [9.17, 15) is 0 Å². The second-order valence-electron chi connectivity index (χ2n) is 5.61. The molecule has 0 unspecified atom stereocenters. The molecule has 0 saturated heterocycles. The van der Waals surface area contributed by atoms with E-state index in [4.69, 9.17) is 11.6 Å². The SMILES string of the molecule is C=C(Cl)CCCC#CCCCC/C=C\CCCC/C=C\CC. The predicted molar refractivity (Wildman–Crippen MR) is 102 cm³/mol. The zero-order chi connectivity index (χ0) is 16.3. The topological polar surface area (TPSA) is 0 Å². The molecular weight excluding hydrogens is 288 g/mol. The van der Waals surface area contributed by atoms with E-state index in [1.165, 1.54) is 44.9 Å². The van der Waals surface area contributed by atoms with E-state index in [0.29, 0.717) is 0 Å². The summed E-state index contributed by atoms with van der Waals surface area (Å²) in [4.78, 5) is 0. The average molecular weight is 321 g/mol. The second-order valence-corrected chi connectivity index (χ2v) is 6.14. The summed E-state index contributed by atoms with van der Waals surface area (Å²) in [5, 5.41) is 0.742. The van der Waals surface area contributed by atoms with Crippen molar-refractivity contribution in [1.29, 1.82) is 0 Å². The first-order valence-corrected chi connectivity index (χ1v) is 9.24. The van der Waals surface area contributed by atoms with Crippen molar-refractivity contribution in [2.45, 2.75) is 84.0 Å². The molecule has 0 bridgehead atoms. The maximum Gasteiger partial charge on any atom is 0.0109 e. The highest BCUT2D eigenvalue weighted by Crippen LogP contribution is 2.08. The molecular formula is C21H33Cl. The lowest BCUT2D eigenvalue weighted by molar-refractivity contribution is 0.748. The van der Waals surface area contributed by atoms with Crippen molar-refractivity contribution in [3.8, 4) is 11.8 Å². The standard InChI is InChI=1S/C21H33Cl/c1-3-4-5-6-7-8-9-10-11-12-13-14-15-16-17-18-19-20-21(2)22/h4-5,10-11H,2-3,6-9,12-15,18-20H2,1H3/b5-4-,11-10-. The molecule has 0 amide bonds. The predicted octanol–water partition coefficient (Wildman–Crippen LogP) is 7.56. The normalized spacial score (nSPS) is 11.0. The van der Waals surface area contributed by atoms with Crippen LogP contribution in [0.15, 0.2) is 35.9 Å². The summed E-state index contributed by atoms with van der Waals surface area (Å²) < 4.78 is 0. The van der Waals surface area contributed by atoms with E-state index in [1.54, 1.807) is 0 Å². The first-order chi connectivity index (χ1) is 10.8. The van der Waals surface area contributed by atoms with Crippen LogP contribution in [0.5, 0.6) is 0 Å². The molecule has 0 nitrogen and oxygen atoms in total. The van der Waals surface area contributed by atoms with Gasteiger partial charge in [0, 0.05) is 17.9 Å². The number of allylic oxidation sites excluding steroid dienone is 5. The Morgan fingerprint density at radius 2 is 1.32 bits per heavy atom. The van der Waals surface area contributed by atoms with Crippen LogP contribution in [0.2, 0.25) is 0 Å². The molecule has 0 aliphatic rings. The van der Waals surface area contributed by atoms with Crippen LogP contribution in [-0.4, -0.2) is 0 Å². The zero-order valence-corrected chi connectivity index (χ0v) is 15.1. The summed E-state index contributed by atoms with van der Waals surface area (Å²) in [6, 6.07) is 0. The highest BCUT2D eigenvalue weighted by molar-refractivity contribution is 6.29. The molecule has 0 heterocycles. The van der Waals surface area contributed by atoms with Gasteiger partial charge >= 0.3 is 0 Å². The van der Waals surface area contributed by atoms with Crippen molar-refractivity contribution >= 4 is 11.6 Å². The van der Waals surface area contributed by atoms with Crippen LogP contribution < -0.4 is 0 Å². The molecule has 0 rings (SSSR count). The maximum atomic E-state index is 5.70. The first kappa shape index (κ1) is 21.1. The van der Waals surface area contributed by atoms with Gasteiger partial charge in [-0.25, -0.2) is 0 Å². The van der Waals surface area contributed by atoms with Crippen molar-refractivity contribution in [2.24, 2.45) is 0 Å². The van der Waals surface area contributed by atoms with Gasteiger partial charge in [-0.05, 0) is 64.2 Å². The number of unbranched alkanes of at least 4 members (excludes halogenated alkanes) is 7. The van der Waals surface area contributed by atoms with E-state index in [2.05, 4.69) is 49.6 Å². The fraction of sp³-hybridized carbons (Fsp3) is 0.619. The van der Waals surface area contributed by atoms with Crippen LogP contribution >= 0.6 is 11.6 Å². The van der Waals surface area contributed by atoms with Gasteiger partial charge < -0.3 is 0 Å². The molecule has 0 radical (unpaired) electrons. The number of hydrogen-bond donors (Lipinski definition) is 0. The van der Waals surface area contributed by atoms with Crippen LogP contribution in [0.3, 0.4) is 0 Å². The molecule has 0 aliphatic carbocycles. The molecule has 0 aliphatic heterocycles. The van der Waals surface area contributed by atoms with E-state index in [0.717, 1.165) is 37.1 Å². The molecule has 124 valence electrons. The lowest BCUT2D eigenvalue weighted by Crippen LogP contribution is -1.76. The fourth-order valence-electron chi connectivity index (χ4n) is 2.07. The molecule has 22 heavy (non-hydrogen) atoms. The Morgan fingerprint density at radius 3 is 1.86 bits per heavy atom. The third-order valence-corrected chi connectivity index (χ3v) is 3.55. The summed E-state index contributed by atoms with van der Waals surface area (Å²) in [5.41, 5.74) is 0. The molecule has 0 atom stereocenters. The van der Waals surface area contributed by atoms with Gasteiger partial charge in [0.15, 0.2) is 0 Å². The molecule has 0 N–H and O–H groups in total. The molecule has 0 aromatic carbocycles. The van der Waals surface area contributed by atoms with Gasteiger partial charge in [0.2, 0.25) is 0 Å². The summed E-state index contributed by atoms with van der Waals surface area (Å²) in [5.74, 6) is 6.45. The van der Waals surface area contributed by atoms with Crippen LogP contribution in [-0.2, 0) is 0 Å². The van der Waals surface area contributed by atoms with Crippen LogP contribution in [0, 0.1) is 11.8 Å². The summed E-state index contributed by atoms with van der Waals surface area (Å²) in [6.45, 7) is 5.86. The van der Waals surface area contributed by atoms with Gasteiger partial charge in [0.05, 0.1) is 0 Å². The Kier molecular flexibility index (Phi) is 17.4. The van der Waals surface area contributed by atoms with Gasteiger partial charge in [-0.2, -0.15) is 0 Å². The number of hydrogen-bond acceptors (Lipinski definition) is 0. The molecule has 1 heteroatoms. The van der Waals surface area contributed by atoms with E-state index in [-0.39, 0.29) is 0 Å². The maximum absolute atomic E-state index is 5.70. The second kappa shape index (κ2) is 18.1. The molecule has 0 fully saturated rings. The minimum Gasteiger partial charge on any atom is -0.103 e. The Labute approximate surface area is 143 Å². The van der Waals surface area contributed by atoms with E-state index < -0.39 is 0 Å². The quantitative estimate of drug-likeness (QED) is 0.186. The van der Waals surface area contributed by atoms with Gasteiger partial charge in [0.1, 0.15) is 0 Å². The summed E-state index contributed by atoms with van der Waals surface area (Å²) in [6.07, 6.45) is 23.0. The minimum atomic E-state index is 0.742. The summed E-state index contributed by atoms with van der Waals surface area (Å²) >= 11 is 5.70. The van der Waals surface area contributed by atoms with Crippen molar-refractivity contribution in [1.82, 2.24) is 0 Å². The number of rotatable bonds is 13. The molecule has 0 saturated carbocycles. The average Bonchev–Trinajstić information content (AvgIpc) is 2.50. The van der Waals surface area contributed by atoms with Crippen molar-refractivity contribution in [3.63, 3.8) is 0 Å². The van der Waals surface area contributed by atoms with E-state index >= 15 is 0 Å². The van der Waals surface area contributed by atoms with Crippen molar-refractivity contribution in [2.75, 3.05) is 0 Å². The fourth-order valence-corrected chi connectivity index (χ4v) is 2.20. The zero-order valence-electron chi connectivity index (χ0n) is 14.4. The van der Waals surface area contributed by atoms with Gasteiger partial charge in [-0.15, -0.1) is 11.8 Å². The molecule has 0 spiro atoms. The van der Waals surface area contributed by atoms with Gasteiger partial charge in [-0.1, -0.05) is 49.4 Å². The van der Waals surface area contributed by atoms with E-state index in [1.807, 2.05) is 0 Å². The Bertz CT molecular complexity index is 365. The van der Waals surface area contributed by atoms with Crippen molar-refractivity contribution in [3.05, 3.63) is 35.9 Å². The highest BCUT2D eigenvalue weighted by Gasteiger charge is 1.87. The van der Waals surface area contributed by atoms with Crippen molar-refractivity contribution < 1.29 is 0 Å². The van der Waals surface area contributed by atoms with Crippen LogP contribution in [0.25, 0.3) is 0 Å². The Morgan fingerprint density at radius 1 is 0.818 bits per heavy atom. The first-order valence-electron chi connectivity index (χ1n) is 8.86. The molecule has 0 aromatic heterocycles. The monoisotopic (exact) mass is 320 g/mol. The highest BCUT2D eigenvalue weighted by atomic mass is 35.5. The minimum absolute atomic E-state index is 0.742. The van der Waals surface area contributed by atoms with Crippen LogP contribution in [0.1, 0.15) is 84.0 Å². The third-order valence-electron chi connectivity index (χ3n) is 3.36. The largest absolute Gasteiger partial charge is 0.103 e. The lowest BCUT2D eigenvalue weighted by Gasteiger charge is -1.94. The van der Waals surface area contributed by atoms with Crippen LogP contribution in [0.4, 0.5) is 0 Å². The Balaban J connectivity index is 3.25. The number of halogens is 1. The molecule has 0 aromatic rings. The van der Waals surface area contributed by atoms with Gasteiger partial charge in [0.25, 0.3) is 0 Å². The third kappa shape index (κ3) is 19.1. The Hall–Kier alpha value is -0.930.